The summed E-state index contributed by atoms with van der Waals surface area (Å²) in [5.74, 6) is 0.829. The number of carbonyl (C=O) groups excluding carboxylic acids is 2. The third kappa shape index (κ3) is 5.72. The van der Waals surface area contributed by atoms with E-state index in [0.29, 0.717) is 6.42 Å². The number of benzene rings is 1. The first kappa shape index (κ1) is 20.2. The van der Waals surface area contributed by atoms with Gasteiger partial charge in [-0.15, -0.1) is 0 Å². The van der Waals surface area contributed by atoms with Gasteiger partial charge in [-0.2, -0.15) is 11.8 Å². The second-order valence-corrected chi connectivity index (χ2v) is 8.69. The van der Waals surface area contributed by atoms with Crippen molar-refractivity contribution in [3.05, 3.63) is 35.4 Å². The Labute approximate surface area is 166 Å². The molecule has 0 saturated heterocycles. The number of nitrogens with one attached hydrogen (secondary N) is 2. The molecule has 1 fully saturated rings. The standard InChI is InChI=1S/C21H31N3O2S/c1-27-12-11-18(20(25)23-17-9-3-2-4-10-17)24-21(26)19-13-15-7-5-6-8-16(15)14-22-19/h5-8,17-19,22H,2-4,9-14H2,1H3,(H,23,25)(H,24,26)/p+1/t18-,19-/m0/s1. The van der Waals surface area contributed by atoms with Gasteiger partial charge in [-0.05, 0) is 36.8 Å². The largest absolute Gasteiger partial charge is 0.352 e. The second-order valence-electron chi connectivity index (χ2n) is 7.71. The van der Waals surface area contributed by atoms with E-state index in [1.807, 2.05) is 18.4 Å². The van der Waals surface area contributed by atoms with Crippen LogP contribution in [-0.4, -0.2) is 41.9 Å². The number of fused-ring (bicyclic) bond motifs is 1. The average molecular weight is 391 g/mol. The molecule has 1 aliphatic carbocycles. The molecule has 1 aromatic carbocycles. The van der Waals surface area contributed by atoms with E-state index >= 15 is 0 Å². The minimum absolute atomic E-state index is 0.0134. The van der Waals surface area contributed by atoms with E-state index < -0.39 is 6.04 Å². The van der Waals surface area contributed by atoms with Crippen molar-refractivity contribution in [2.75, 3.05) is 12.0 Å². The molecule has 5 nitrogen and oxygen atoms in total. The Bertz CT molecular complexity index is 646. The van der Waals surface area contributed by atoms with Crippen molar-refractivity contribution >= 4 is 23.6 Å². The normalized spacial score (nSPS) is 21.1. The number of thioether (sulfide) groups is 1. The number of hydrogen-bond acceptors (Lipinski definition) is 3. The van der Waals surface area contributed by atoms with Gasteiger partial charge in [0.05, 0.1) is 0 Å². The van der Waals surface area contributed by atoms with Crippen LogP contribution in [0.4, 0.5) is 0 Å². The van der Waals surface area contributed by atoms with Crippen molar-refractivity contribution in [1.29, 1.82) is 0 Å². The van der Waals surface area contributed by atoms with Crippen LogP contribution >= 0.6 is 11.8 Å². The summed E-state index contributed by atoms with van der Waals surface area (Å²) >= 11 is 1.71. The highest BCUT2D eigenvalue weighted by Crippen LogP contribution is 2.18. The number of hydrogen-bond donors (Lipinski definition) is 3. The lowest BCUT2D eigenvalue weighted by atomic mass is 9.94. The number of carbonyl (C=O) groups is 2. The van der Waals surface area contributed by atoms with Crippen LogP contribution in [-0.2, 0) is 22.6 Å². The smallest absolute Gasteiger partial charge is 0.279 e. The molecule has 6 heteroatoms. The summed E-state index contributed by atoms with van der Waals surface area (Å²) in [6, 6.07) is 7.98. The lowest BCUT2D eigenvalue weighted by molar-refractivity contribution is -0.695. The molecule has 0 bridgehead atoms. The number of nitrogens with two attached hydrogens (primary N) is 1. The molecular formula is C21H32N3O2S+. The zero-order valence-electron chi connectivity index (χ0n) is 16.2. The molecule has 0 aromatic heterocycles. The van der Waals surface area contributed by atoms with Crippen LogP contribution in [0.15, 0.2) is 24.3 Å². The highest BCUT2D eigenvalue weighted by molar-refractivity contribution is 7.98. The van der Waals surface area contributed by atoms with E-state index in [1.54, 1.807) is 11.8 Å². The lowest BCUT2D eigenvalue weighted by Crippen LogP contribution is -2.93. The average Bonchev–Trinajstić information content (AvgIpc) is 2.71. The van der Waals surface area contributed by atoms with Gasteiger partial charge in [0.1, 0.15) is 12.6 Å². The molecule has 1 aromatic rings. The molecule has 1 heterocycles. The second kappa shape index (κ2) is 10.1. The van der Waals surface area contributed by atoms with E-state index in [0.717, 1.165) is 31.6 Å². The highest BCUT2D eigenvalue weighted by atomic mass is 32.2. The summed E-state index contributed by atoms with van der Waals surface area (Å²) < 4.78 is 0. The van der Waals surface area contributed by atoms with Gasteiger partial charge in [0.2, 0.25) is 5.91 Å². The molecule has 2 amide bonds. The minimum Gasteiger partial charge on any atom is -0.352 e. The molecular weight excluding hydrogens is 358 g/mol. The Hall–Kier alpha value is -1.53. The molecule has 2 atom stereocenters. The first-order valence-corrected chi connectivity index (χ1v) is 11.6. The molecule has 3 rings (SSSR count). The van der Waals surface area contributed by atoms with E-state index in [2.05, 4.69) is 28.1 Å². The van der Waals surface area contributed by atoms with Crippen molar-refractivity contribution in [1.82, 2.24) is 10.6 Å². The van der Waals surface area contributed by atoms with E-state index in [-0.39, 0.29) is 23.9 Å². The van der Waals surface area contributed by atoms with Crippen LogP contribution in [0.5, 0.6) is 0 Å². The summed E-state index contributed by atoms with van der Waals surface area (Å²) in [7, 11) is 0. The Morgan fingerprint density at radius 2 is 1.93 bits per heavy atom. The predicted octanol–water partition coefficient (Wildman–Crippen LogP) is 1.36. The third-order valence-corrected chi connectivity index (χ3v) is 6.36. The van der Waals surface area contributed by atoms with Gasteiger partial charge in [0.15, 0.2) is 6.04 Å². The lowest BCUT2D eigenvalue weighted by Gasteiger charge is -2.27. The van der Waals surface area contributed by atoms with Crippen molar-refractivity contribution in [3.8, 4) is 0 Å². The maximum absolute atomic E-state index is 12.8. The SMILES string of the molecule is CSCC[C@H](NC(=O)[C@@H]1Cc2ccccc2C[NH2+]1)C(=O)NC1CCCCC1. The van der Waals surface area contributed by atoms with E-state index in [4.69, 9.17) is 0 Å². The summed E-state index contributed by atoms with van der Waals surface area (Å²) in [5.41, 5.74) is 2.54. The van der Waals surface area contributed by atoms with Crippen LogP contribution in [0.25, 0.3) is 0 Å². The summed E-state index contributed by atoms with van der Waals surface area (Å²) in [6.07, 6.45) is 9.18. The summed E-state index contributed by atoms with van der Waals surface area (Å²) in [4.78, 5) is 25.6. The maximum Gasteiger partial charge on any atom is 0.279 e. The molecule has 0 spiro atoms. The summed E-state index contributed by atoms with van der Waals surface area (Å²) in [5, 5.41) is 8.31. The zero-order chi connectivity index (χ0) is 19.1. The minimum atomic E-state index is -0.433. The molecule has 1 aliphatic heterocycles. The molecule has 0 unspecified atom stereocenters. The van der Waals surface area contributed by atoms with E-state index in [1.165, 1.54) is 30.4 Å². The quantitative estimate of drug-likeness (QED) is 0.658. The van der Waals surface area contributed by atoms with Gasteiger partial charge in [-0.25, -0.2) is 0 Å². The topological polar surface area (TPSA) is 74.8 Å². The highest BCUT2D eigenvalue weighted by Gasteiger charge is 2.31. The van der Waals surface area contributed by atoms with Gasteiger partial charge in [-0.1, -0.05) is 43.5 Å². The maximum atomic E-state index is 12.8. The van der Waals surface area contributed by atoms with Crippen LogP contribution < -0.4 is 16.0 Å². The Balaban J connectivity index is 1.58. The van der Waals surface area contributed by atoms with Crippen LogP contribution in [0.1, 0.15) is 49.7 Å². The van der Waals surface area contributed by atoms with Crippen LogP contribution in [0, 0.1) is 0 Å². The molecule has 148 valence electrons. The molecule has 2 aliphatic rings. The van der Waals surface area contributed by atoms with Crippen molar-refractivity contribution in [3.63, 3.8) is 0 Å². The zero-order valence-corrected chi connectivity index (χ0v) is 17.0. The van der Waals surface area contributed by atoms with Gasteiger partial charge >= 0.3 is 0 Å². The first-order chi connectivity index (χ1) is 13.2. The Morgan fingerprint density at radius 3 is 2.67 bits per heavy atom. The van der Waals surface area contributed by atoms with Gasteiger partial charge in [-0.3, -0.25) is 9.59 Å². The summed E-state index contributed by atoms with van der Waals surface area (Å²) in [6.45, 7) is 0.817. The number of amides is 2. The molecule has 1 saturated carbocycles. The van der Waals surface area contributed by atoms with Gasteiger partial charge in [0.25, 0.3) is 5.91 Å². The van der Waals surface area contributed by atoms with Crippen molar-refractivity contribution in [2.24, 2.45) is 0 Å². The first-order valence-electron chi connectivity index (χ1n) is 10.2. The monoisotopic (exact) mass is 390 g/mol. The third-order valence-electron chi connectivity index (χ3n) is 5.71. The predicted molar refractivity (Wildman–Crippen MR) is 110 cm³/mol. The fourth-order valence-corrected chi connectivity index (χ4v) is 4.55. The number of rotatable bonds is 7. The fourth-order valence-electron chi connectivity index (χ4n) is 4.08. The van der Waals surface area contributed by atoms with Crippen molar-refractivity contribution < 1.29 is 14.9 Å². The Morgan fingerprint density at radius 1 is 1.19 bits per heavy atom. The van der Waals surface area contributed by atoms with Crippen LogP contribution in [0.2, 0.25) is 0 Å². The molecule has 0 radical (unpaired) electrons. The van der Waals surface area contributed by atoms with Crippen molar-refractivity contribution in [2.45, 2.75) is 69.6 Å². The Kier molecular flexibility index (Phi) is 7.59. The molecule has 4 N–H and O–H groups in total. The van der Waals surface area contributed by atoms with Gasteiger partial charge in [0, 0.05) is 18.0 Å². The fraction of sp³-hybridized carbons (Fsp3) is 0.619. The van der Waals surface area contributed by atoms with Gasteiger partial charge < -0.3 is 16.0 Å². The molecule has 27 heavy (non-hydrogen) atoms. The van der Waals surface area contributed by atoms with Crippen LogP contribution in [0.3, 0.4) is 0 Å². The number of quaternary nitrogens is 1. The van der Waals surface area contributed by atoms with E-state index in [9.17, 15) is 9.59 Å².